The van der Waals surface area contributed by atoms with Crippen LogP contribution in [0.5, 0.6) is 0 Å². The maximum Gasteiger partial charge on any atom is 0.349 e. The van der Waals surface area contributed by atoms with Gasteiger partial charge in [-0.1, -0.05) is 0 Å². The summed E-state index contributed by atoms with van der Waals surface area (Å²) in [5.41, 5.74) is 2.19. The first-order chi connectivity index (χ1) is 5.95. The smallest absolute Gasteiger partial charge is 0.349 e. The highest BCUT2D eigenvalue weighted by atomic mass is 19.2. The highest BCUT2D eigenvalue weighted by Gasteiger charge is 2.26. The van der Waals surface area contributed by atoms with Gasteiger partial charge in [0.2, 0.25) is 5.82 Å². The van der Waals surface area contributed by atoms with Gasteiger partial charge in [-0.3, -0.25) is 10.1 Å². The fourth-order valence-corrected chi connectivity index (χ4v) is 0.688. The average Bonchev–Trinajstić information content (AvgIpc) is 1.99. The van der Waals surface area contributed by atoms with Gasteiger partial charge in [0.25, 0.3) is 11.9 Å². The summed E-state index contributed by atoms with van der Waals surface area (Å²) in [5.74, 6) is -5.28. The SMILES string of the molecule is Nc1c(F)c(F)nc(F)c1[N+](=O)[O-]. The van der Waals surface area contributed by atoms with Gasteiger partial charge in [0.1, 0.15) is 0 Å². The number of nitro groups is 1. The molecule has 0 atom stereocenters. The summed E-state index contributed by atoms with van der Waals surface area (Å²) in [5, 5.41) is 10.1. The van der Waals surface area contributed by atoms with Crippen molar-refractivity contribution in [2.75, 3.05) is 5.73 Å². The molecule has 2 N–H and O–H groups in total. The van der Waals surface area contributed by atoms with Gasteiger partial charge in [-0.15, -0.1) is 0 Å². The minimum absolute atomic E-state index is 1.20. The van der Waals surface area contributed by atoms with E-state index in [-0.39, 0.29) is 0 Å². The van der Waals surface area contributed by atoms with Gasteiger partial charge in [-0.25, -0.2) is 0 Å². The number of nitrogen functional groups attached to an aromatic ring is 1. The molecule has 0 spiro atoms. The highest BCUT2D eigenvalue weighted by Crippen LogP contribution is 2.26. The Bertz CT molecular complexity index is 382. The molecular formula is C5H2F3N3O2. The Morgan fingerprint density at radius 2 is 1.85 bits per heavy atom. The third-order valence-corrected chi connectivity index (χ3v) is 1.25. The number of hydrogen-bond acceptors (Lipinski definition) is 4. The van der Waals surface area contributed by atoms with E-state index in [2.05, 4.69) is 4.98 Å². The number of nitrogens with zero attached hydrogens (tertiary/aromatic N) is 2. The van der Waals surface area contributed by atoms with Crippen molar-refractivity contribution in [3.63, 3.8) is 0 Å². The van der Waals surface area contributed by atoms with Crippen LogP contribution in [0.15, 0.2) is 0 Å². The standard InChI is InChI=1S/C5H2F3N3O2/c6-1-2(9)3(11(12)13)5(8)10-4(1)7/h(H2,9,10). The molecule has 0 saturated heterocycles. The molecule has 1 aromatic heterocycles. The zero-order chi connectivity index (χ0) is 10.2. The largest absolute Gasteiger partial charge is 0.390 e. The normalized spacial score (nSPS) is 10.1. The number of nitrogens with two attached hydrogens (primary N) is 1. The van der Waals surface area contributed by atoms with E-state index in [4.69, 9.17) is 5.73 Å². The van der Waals surface area contributed by atoms with E-state index in [0.29, 0.717) is 0 Å². The lowest BCUT2D eigenvalue weighted by atomic mass is 10.3. The molecule has 1 heterocycles. The minimum atomic E-state index is -1.80. The maximum absolute atomic E-state index is 12.5. The second kappa shape index (κ2) is 2.88. The summed E-state index contributed by atoms with van der Waals surface area (Å²) in [6.45, 7) is 0. The molecule has 0 aliphatic rings. The van der Waals surface area contributed by atoms with E-state index < -0.39 is 34.0 Å². The molecule has 8 heteroatoms. The van der Waals surface area contributed by atoms with Gasteiger partial charge in [0.15, 0.2) is 5.69 Å². The van der Waals surface area contributed by atoms with Crippen LogP contribution in [0.25, 0.3) is 0 Å². The van der Waals surface area contributed by atoms with Crippen LogP contribution in [0.3, 0.4) is 0 Å². The summed E-state index contributed by atoms with van der Waals surface area (Å²) >= 11 is 0. The summed E-state index contributed by atoms with van der Waals surface area (Å²) in [6.07, 6.45) is 0. The molecule has 0 saturated carbocycles. The molecule has 0 aliphatic heterocycles. The lowest BCUT2D eigenvalue weighted by Crippen LogP contribution is -2.06. The van der Waals surface area contributed by atoms with Crippen LogP contribution in [0, 0.1) is 27.8 Å². The monoisotopic (exact) mass is 193 g/mol. The van der Waals surface area contributed by atoms with Crippen LogP contribution in [-0.4, -0.2) is 9.91 Å². The Kier molecular flexibility index (Phi) is 2.05. The number of aromatic nitrogens is 1. The van der Waals surface area contributed by atoms with Crippen molar-refractivity contribution in [3.05, 3.63) is 27.8 Å². The lowest BCUT2D eigenvalue weighted by Gasteiger charge is -1.99. The molecule has 0 aromatic carbocycles. The Balaban J connectivity index is 3.53. The molecule has 1 rings (SSSR count). The van der Waals surface area contributed by atoms with Crippen LogP contribution in [0.4, 0.5) is 24.5 Å². The second-order valence-corrected chi connectivity index (χ2v) is 2.03. The molecule has 13 heavy (non-hydrogen) atoms. The number of pyridine rings is 1. The van der Waals surface area contributed by atoms with Crippen molar-refractivity contribution in [1.82, 2.24) is 4.98 Å². The molecule has 0 bridgehead atoms. The molecule has 0 fully saturated rings. The van der Waals surface area contributed by atoms with Crippen molar-refractivity contribution < 1.29 is 18.1 Å². The Morgan fingerprint density at radius 1 is 1.31 bits per heavy atom. The zero-order valence-corrected chi connectivity index (χ0v) is 5.92. The van der Waals surface area contributed by atoms with Gasteiger partial charge >= 0.3 is 5.69 Å². The number of hydrogen-bond donors (Lipinski definition) is 1. The summed E-state index contributed by atoms with van der Waals surface area (Å²) in [4.78, 5) is 11.1. The molecule has 0 aliphatic carbocycles. The van der Waals surface area contributed by atoms with Crippen molar-refractivity contribution in [2.24, 2.45) is 0 Å². The maximum atomic E-state index is 12.5. The highest BCUT2D eigenvalue weighted by molar-refractivity contribution is 5.57. The van der Waals surface area contributed by atoms with E-state index in [1.807, 2.05) is 0 Å². The third kappa shape index (κ3) is 1.37. The lowest BCUT2D eigenvalue weighted by molar-refractivity contribution is -0.387. The number of rotatable bonds is 1. The fraction of sp³-hybridized carbons (Fsp3) is 0. The van der Waals surface area contributed by atoms with E-state index in [9.17, 15) is 23.3 Å². The van der Waals surface area contributed by atoms with E-state index in [1.54, 1.807) is 0 Å². The number of halogens is 3. The zero-order valence-electron chi connectivity index (χ0n) is 5.92. The number of anilines is 1. The molecular weight excluding hydrogens is 191 g/mol. The molecule has 5 nitrogen and oxygen atoms in total. The average molecular weight is 193 g/mol. The van der Waals surface area contributed by atoms with Gasteiger partial charge < -0.3 is 5.73 Å². The van der Waals surface area contributed by atoms with E-state index in [0.717, 1.165) is 0 Å². The summed E-state index contributed by atoms with van der Waals surface area (Å²) < 4.78 is 37.3. The van der Waals surface area contributed by atoms with Gasteiger partial charge in [0, 0.05) is 0 Å². The van der Waals surface area contributed by atoms with E-state index in [1.165, 1.54) is 0 Å². The van der Waals surface area contributed by atoms with Crippen LogP contribution in [0.1, 0.15) is 0 Å². The van der Waals surface area contributed by atoms with Crippen molar-refractivity contribution in [3.8, 4) is 0 Å². The van der Waals surface area contributed by atoms with Crippen molar-refractivity contribution in [2.45, 2.75) is 0 Å². The molecule has 1 aromatic rings. The van der Waals surface area contributed by atoms with Crippen LogP contribution >= 0.6 is 0 Å². The Morgan fingerprint density at radius 3 is 2.31 bits per heavy atom. The topological polar surface area (TPSA) is 82.0 Å². The Labute approximate surface area is 69.1 Å². The first-order valence-corrected chi connectivity index (χ1v) is 2.89. The molecule has 0 unspecified atom stereocenters. The molecule has 70 valence electrons. The van der Waals surface area contributed by atoms with Gasteiger partial charge in [-0.2, -0.15) is 18.2 Å². The fourth-order valence-electron chi connectivity index (χ4n) is 0.688. The van der Waals surface area contributed by atoms with Gasteiger partial charge in [0.05, 0.1) is 4.92 Å². The van der Waals surface area contributed by atoms with Crippen LogP contribution in [-0.2, 0) is 0 Å². The molecule has 0 amide bonds. The van der Waals surface area contributed by atoms with Crippen molar-refractivity contribution in [1.29, 1.82) is 0 Å². The third-order valence-electron chi connectivity index (χ3n) is 1.25. The predicted molar refractivity (Wildman–Crippen MR) is 35.2 cm³/mol. The second-order valence-electron chi connectivity index (χ2n) is 2.03. The molecule has 0 radical (unpaired) electrons. The first kappa shape index (κ1) is 9.23. The van der Waals surface area contributed by atoms with Crippen LogP contribution in [0.2, 0.25) is 0 Å². The predicted octanol–water partition coefficient (Wildman–Crippen LogP) is 0.989. The van der Waals surface area contributed by atoms with E-state index >= 15 is 0 Å². The Hall–Kier alpha value is -1.86. The minimum Gasteiger partial charge on any atom is -0.390 e. The quantitative estimate of drug-likeness (QED) is 0.409. The van der Waals surface area contributed by atoms with Gasteiger partial charge in [-0.05, 0) is 0 Å². The summed E-state index contributed by atoms with van der Waals surface area (Å²) in [7, 11) is 0. The summed E-state index contributed by atoms with van der Waals surface area (Å²) in [6, 6.07) is 0. The van der Waals surface area contributed by atoms with Crippen molar-refractivity contribution >= 4 is 11.4 Å². The first-order valence-electron chi connectivity index (χ1n) is 2.89. The van der Waals surface area contributed by atoms with Crippen LogP contribution < -0.4 is 5.73 Å².